The topological polar surface area (TPSA) is 58.3 Å². The summed E-state index contributed by atoms with van der Waals surface area (Å²) in [4.78, 5) is 12.8. The van der Waals surface area contributed by atoms with Gasteiger partial charge in [-0.3, -0.25) is 4.68 Å². The van der Waals surface area contributed by atoms with Crippen LogP contribution in [0.2, 0.25) is 0 Å². The molecule has 1 aliphatic rings. The number of carbonyl (C=O) groups excluding carboxylic acids is 1. The Morgan fingerprint density at radius 1 is 1.29 bits per heavy atom. The van der Waals surface area contributed by atoms with Gasteiger partial charge in [-0.2, -0.15) is 5.10 Å². The largest absolute Gasteiger partial charge is 0.461 e. The Kier molecular flexibility index (Phi) is 4.98. The highest BCUT2D eigenvalue weighted by molar-refractivity contribution is 6.04. The monoisotopic (exact) mass is 381 g/mol. The molecule has 0 bridgehead atoms. The van der Waals surface area contributed by atoms with Crippen LogP contribution in [0.4, 0.5) is 0 Å². The second-order valence-electron chi connectivity index (χ2n) is 7.34. The van der Waals surface area contributed by atoms with Gasteiger partial charge in [0, 0.05) is 42.4 Å². The third-order valence-corrected chi connectivity index (χ3v) is 5.64. The van der Waals surface area contributed by atoms with E-state index in [1.54, 1.807) is 0 Å². The number of carbonyl (C=O) groups is 1. The molecular formula is C22H27N3O3. The maximum atomic E-state index is 12.8. The minimum absolute atomic E-state index is 0.253. The van der Waals surface area contributed by atoms with Crippen molar-refractivity contribution < 1.29 is 14.3 Å². The fraction of sp³-hybridized carbons (Fsp3) is 0.455. The van der Waals surface area contributed by atoms with Crippen LogP contribution in [0.3, 0.4) is 0 Å². The molecule has 0 fully saturated rings. The van der Waals surface area contributed by atoms with Crippen LogP contribution >= 0.6 is 0 Å². The third kappa shape index (κ3) is 2.92. The van der Waals surface area contributed by atoms with Crippen LogP contribution in [-0.2, 0) is 29.7 Å². The maximum absolute atomic E-state index is 12.8. The van der Waals surface area contributed by atoms with Gasteiger partial charge in [0.05, 0.1) is 24.4 Å². The molecule has 0 amide bonds. The molecule has 3 heterocycles. The fourth-order valence-corrected chi connectivity index (χ4v) is 4.24. The van der Waals surface area contributed by atoms with Gasteiger partial charge < -0.3 is 14.0 Å². The van der Waals surface area contributed by atoms with E-state index in [1.807, 2.05) is 25.6 Å². The van der Waals surface area contributed by atoms with Gasteiger partial charge in [-0.1, -0.05) is 18.2 Å². The van der Waals surface area contributed by atoms with E-state index >= 15 is 0 Å². The van der Waals surface area contributed by atoms with Gasteiger partial charge in [-0.25, -0.2) is 4.79 Å². The molecule has 28 heavy (non-hydrogen) atoms. The lowest BCUT2D eigenvalue weighted by Crippen LogP contribution is -2.14. The SMILES string of the molecule is CCOC(=O)c1c(C)c2cccc3c2n1CCCCOCc1nn(C)c(C)c1-3. The first kappa shape index (κ1) is 18.7. The molecule has 4 rings (SSSR count). The van der Waals surface area contributed by atoms with Crippen molar-refractivity contribution in [3.05, 3.63) is 40.8 Å². The second-order valence-corrected chi connectivity index (χ2v) is 7.34. The molecule has 0 saturated heterocycles. The summed E-state index contributed by atoms with van der Waals surface area (Å²) < 4.78 is 15.3. The molecule has 0 atom stereocenters. The van der Waals surface area contributed by atoms with Crippen molar-refractivity contribution in [3.63, 3.8) is 0 Å². The average molecular weight is 381 g/mol. The van der Waals surface area contributed by atoms with Gasteiger partial charge in [-0.05, 0) is 39.2 Å². The Morgan fingerprint density at radius 3 is 2.89 bits per heavy atom. The normalized spacial score (nSPS) is 14.6. The van der Waals surface area contributed by atoms with E-state index in [0.717, 1.165) is 58.4 Å². The van der Waals surface area contributed by atoms with Gasteiger partial charge in [-0.15, -0.1) is 0 Å². The van der Waals surface area contributed by atoms with Crippen molar-refractivity contribution in [1.82, 2.24) is 14.3 Å². The molecule has 0 N–H and O–H groups in total. The van der Waals surface area contributed by atoms with Gasteiger partial charge in [0.1, 0.15) is 5.69 Å². The number of aryl methyl sites for hydroxylation is 3. The second kappa shape index (κ2) is 7.43. The lowest BCUT2D eigenvalue weighted by atomic mass is 10.00. The standard InChI is InChI=1S/C22H27N3O3/c1-5-28-22(26)20-14(2)16-9-8-10-17-19-15(3)24(4)23-18(19)13-27-12-7-6-11-25(20)21(16)17/h8-10H,5-7,11-13H2,1-4H3. The number of aromatic nitrogens is 3. The lowest BCUT2D eigenvalue weighted by Gasteiger charge is -2.13. The number of esters is 1. The van der Waals surface area contributed by atoms with Crippen LogP contribution in [0.5, 0.6) is 0 Å². The molecule has 0 unspecified atom stereocenters. The summed E-state index contributed by atoms with van der Waals surface area (Å²) in [5.41, 5.74) is 6.96. The number of hydrogen-bond acceptors (Lipinski definition) is 4. The molecule has 0 spiro atoms. The molecule has 1 aromatic carbocycles. The number of rotatable bonds is 2. The van der Waals surface area contributed by atoms with Gasteiger partial charge in [0.15, 0.2) is 0 Å². The molecule has 6 nitrogen and oxygen atoms in total. The van der Waals surface area contributed by atoms with Crippen molar-refractivity contribution in [1.29, 1.82) is 0 Å². The molecule has 0 radical (unpaired) electrons. The molecule has 0 saturated carbocycles. The summed E-state index contributed by atoms with van der Waals surface area (Å²) in [6.07, 6.45) is 1.87. The van der Waals surface area contributed by atoms with Crippen LogP contribution in [0.25, 0.3) is 22.0 Å². The molecule has 148 valence electrons. The van der Waals surface area contributed by atoms with Crippen molar-refractivity contribution in [2.75, 3.05) is 13.2 Å². The zero-order valence-corrected chi connectivity index (χ0v) is 17.0. The molecule has 0 aliphatic carbocycles. The Bertz CT molecular complexity index is 1050. The Morgan fingerprint density at radius 2 is 2.11 bits per heavy atom. The molecule has 2 aromatic heterocycles. The van der Waals surface area contributed by atoms with Crippen LogP contribution in [0.1, 0.15) is 47.2 Å². The zero-order chi connectivity index (χ0) is 19.8. The van der Waals surface area contributed by atoms with E-state index in [0.29, 0.717) is 25.5 Å². The van der Waals surface area contributed by atoms with E-state index in [1.165, 1.54) is 0 Å². The highest BCUT2D eigenvalue weighted by Gasteiger charge is 2.26. The van der Waals surface area contributed by atoms with Crippen molar-refractivity contribution in [2.45, 2.75) is 46.8 Å². The smallest absolute Gasteiger partial charge is 0.355 e. The van der Waals surface area contributed by atoms with Crippen molar-refractivity contribution in [2.24, 2.45) is 7.05 Å². The quantitative estimate of drug-likeness (QED) is 0.626. The summed E-state index contributed by atoms with van der Waals surface area (Å²) >= 11 is 0. The van der Waals surface area contributed by atoms with Crippen LogP contribution in [0, 0.1) is 13.8 Å². The number of hydrogen-bond donors (Lipinski definition) is 0. The third-order valence-electron chi connectivity index (χ3n) is 5.64. The Balaban J connectivity index is 2.07. The highest BCUT2D eigenvalue weighted by atomic mass is 16.5. The molecular weight excluding hydrogens is 354 g/mol. The molecule has 3 aromatic rings. The first-order valence-electron chi connectivity index (χ1n) is 9.94. The van der Waals surface area contributed by atoms with Crippen molar-refractivity contribution in [3.8, 4) is 11.1 Å². The first-order chi connectivity index (χ1) is 13.5. The lowest BCUT2D eigenvalue weighted by molar-refractivity contribution is 0.0513. The summed E-state index contributed by atoms with van der Waals surface area (Å²) in [5, 5.41) is 5.79. The minimum Gasteiger partial charge on any atom is -0.461 e. The van der Waals surface area contributed by atoms with E-state index < -0.39 is 0 Å². The number of para-hydroxylation sites is 1. The minimum atomic E-state index is -0.253. The summed E-state index contributed by atoms with van der Waals surface area (Å²) in [5.74, 6) is -0.253. The van der Waals surface area contributed by atoms with Crippen LogP contribution in [0.15, 0.2) is 18.2 Å². The number of nitrogens with zero attached hydrogens (tertiary/aromatic N) is 3. The van der Waals surface area contributed by atoms with Crippen molar-refractivity contribution >= 4 is 16.9 Å². The summed E-state index contributed by atoms with van der Waals surface area (Å²) in [6.45, 7) is 8.25. The fourth-order valence-electron chi connectivity index (χ4n) is 4.24. The first-order valence-corrected chi connectivity index (χ1v) is 9.94. The number of fused-ring (bicyclic) bond motifs is 2. The predicted molar refractivity (Wildman–Crippen MR) is 108 cm³/mol. The van der Waals surface area contributed by atoms with Gasteiger partial charge >= 0.3 is 5.97 Å². The Labute approximate surface area is 165 Å². The number of ether oxygens (including phenoxy) is 2. The molecule has 1 aliphatic heterocycles. The molecule has 6 heteroatoms. The number of benzene rings is 1. The average Bonchev–Trinajstić information content (AvgIpc) is 3.11. The summed E-state index contributed by atoms with van der Waals surface area (Å²) in [7, 11) is 1.96. The highest BCUT2D eigenvalue weighted by Crippen LogP contribution is 2.38. The van der Waals surface area contributed by atoms with Crippen LogP contribution in [-0.4, -0.2) is 33.5 Å². The van der Waals surface area contributed by atoms with E-state index in [2.05, 4.69) is 29.7 Å². The maximum Gasteiger partial charge on any atom is 0.355 e. The predicted octanol–water partition coefficient (Wildman–Crippen LogP) is 4.15. The van der Waals surface area contributed by atoms with E-state index in [9.17, 15) is 4.79 Å². The van der Waals surface area contributed by atoms with Gasteiger partial charge in [0.2, 0.25) is 0 Å². The van der Waals surface area contributed by atoms with E-state index in [4.69, 9.17) is 14.6 Å². The van der Waals surface area contributed by atoms with Gasteiger partial charge in [0.25, 0.3) is 0 Å². The van der Waals surface area contributed by atoms with Crippen LogP contribution < -0.4 is 0 Å². The Hall–Kier alpha value is -2.60. The summed E-state index contributed by atoms with van der Waals surface area (Å²) in [6, 6.07) is 6.27. The van der Waals surface area contributed by atoms with E-state index in [-0.39, 0.29) is 5.97 Å². The zero-order valence-electron chi connectivity index (χ0n) is 17.0.